The van der Waals surface area contributed by atoms with Gasteiger partial charge in [-0.05, 0) is 78.4 Å². The van der Waals surface area contributed by atoms with Crippen LogP contribution in [0.25, 0.3) is 32.8 Å². The van der Waals surface area contributed by atoms with Gasteiger partial charge in [0.2, 0.25) is 0 Å². The fraction of sp³-hybridized carbons (Fsp3) is 0.303. The largest absolute Gasteiger partial charge is 0.487 e. The van der Waals surface area contributed by atoms with E-state index in [4.69, 9.17) is 20.3 Å². The zero-order valence-corrected chi connectivity index (χ0v) is 22.6. The second-order valence-electron chi connectivity index (χ2n) is 11.0. The maximum Gasteiger partial charge on any atom is 0.134 e. The molecule has 3 heterocycles. The van der Waals surface area contributed by atoms with Crippen molar-refractivity contribution in [2.24, 2.45) is 0 Å². The third-order valence-corrected chi connectivity index (χ3v) is 8.16. The average Bonchev–Trinajstić information content (AvgIpc) is 3.53. The maximum atomic E-state index is 12.2. The van der Waals surface area contributed by atoms with Gasteiger partial charge >= 0.3 is 0 Å². The van der Waals surface area contributed by atoms with Crippen LogP contribution in [0.4, 0.5) is 5.82 Å². The van der Waals surface area contributed by atoms with Crippen molar-refractivity contribution >= 4 is 33.3 Å². The molecule has 40 heavy (non-hydrogen) atoms. The van der Waals surface area contributed by atoms with E-state index in [1.165, 1.54) is 18.4 Å². The van der Waals surface area contributed by atoms with Crippen molar-refractivity contribution < 1.29 is 14.3 Å². The predicted molar refractivity (Wildman–Crippen MR) is 156 cm³/mol. The van der Waals surface area contributed by atoms with E-state index in [1.807, 2.05) is 30.3 Å². The Hall–Kier alpha value is -4.23. The van der Waals surface area contributed by atoms with Crippen molar-refractivity contribution in [1.29, 1.82) is 0 Å². The first-order valence-corrected chi connectivity index (χ1v) is 14.0. The number of carbonyl (C=O) groups excluding carboxylic acids is 1. The van der Waals surface area contributed by atoms with Gasteiger partial charge in [0.05, 0.1) is 18.2 Å². The van der Waals surface area contributed by atoms with E-state index >= 15 is 0 Å². The van der Waals surface area contributed by atoms with Crippen molar-refractivity contribution in [2.45, 2.75) is 51.2 Å². The molecule has 1 unspecified atom stereocenters. The van der Waals surface area contributed by atoms with Crippen LogP contribution in [0.5, 0.6) is 5.75 Å². The van der Waals surface area contributed by atoms with Crippen LogP contribution < -0.4 is 10.5 Å². The summed E-state index contributed by atoms with van der Waals surface area (Å²) in [7, 11) is 0. The lowest BCUT2D eigenvalue weighted by Crippen LogP contribution is -2.11. The lowest BCUT2D eigenvalue weighted by atomic mass is 9.97. The molecule has 2 fully saturated rings. The van der Waals surface area contributed by atoms with E-state index in [-0.39, 0.29) is 11.8 Å². The summed E-state index contributed by atoms with van der Waals surface area (Å²) in [6.07, 6.45) is 5.42. The van der Waals surface area contributed by atoms with Crippen molar-refractivity contribution in [1.82, 2.24) is 14.8 Å². The van der Waals surface area contributed by atoms with Crippen molar-refractivity contribution in [2.75, 3.05) is 18.9 Å². The van der Waals surface area contributed by atoms with Gasteiger partial charge in [0, 0.05) is 35.6 Å². The standard InChI is InChI=1S/C33H32N4O3/c1-20(38)16-28-24(21-8-9-21)5-3-7-32(28)40-19-30-29-17-22(10-11-31(29)37(36-30)23-13-15-39-18-23)25-4-2-6-27-26(25)12-14-35-33(27)34/h2-7,10-12,14,17,21,23H,8-9,13,15-16,18-19H2,1H3,(H2,34,35). The number of benzene rings is 3. The van der Waals surface area contributed by atoms with Crippen LogP contribution in [0.2, 0.25) is 0 Å². The van der Waals surface area contributed by atoms with Gasteiger partial charge in [-0.3, -0.25) is 9.48 Å². The molecule has 2 N–H and O–H groups in total. The highest BCUT2D eigenvalue weighted by Gasteiger charge is 2.28. The molecule has 1 aliphatic heterocycles. The molecule has 0 radical (unpaired) electrons. The number of anilines is 1. The van der Waals surface area contributed by atoms with Crippen molar-refractivity contribution in [3.05, 3.63) is 83.7 Å². The van der Waals surface area contributed by atoms with E-state index in [9.17, 15) is 4.79 Å². The lowest BCUT2D eigenvalue weighted by molar-refractivity contribution is -0.116. The first-order valence-electron chi connectivity index (χ1n) is 14.0. The molecule has 0 amide bonds. The Balaban J connectivity index is 1.30. The molecule has 3 aromatic carbocycles. The molecular formula is C33H32N4O3. The van der Waals surface area contributed by atoms with Crippen LogP contribution in [0, 0.1) is 0 Å². The normalized spacial score (nSPS) is 17.1. The van der Waals surface area contributed by atoms with Gasteiger partial charge in [0.15, 0.2) is 0 Å². The molecule has 1 atom stereocenters. The van der Waals surface area contributed by atoms with Crippen LogP contribution in [0.1, 0.15) is 55.0 Å². The summed E-state index contributed by atoms with van der Waals surface area (Å²) in [5, 5.41) is 8.13. The third-order valence-electron chi connectivity index (χ3n) is 8.16. The molecular weight excluding hydrogens is 500 g/mol. The van der Waals surface area contributed by atoms with Crippen LogP contribution in [0.3, 0.4) is 0 Å². The second kappa shape index (κ2) is 10.1. The van der Waals surface area contributed by atoms with E-state index in [0.29, 0.717) is 31.4 Å². The fourth-order valence-electron chi connectivity index (χ4n) is 6.03. The number of rotatable bonds is 8. The van der Waals surface area contributed by atoms with Crippen molar-refractivity contribution in [3.63, 3.8) is 0 Å². The fourth-order valence-corrected chi connectivity index (χ4v) is 6.03. The molecule has 7 nitrogen and oxygen atoms in total. The Morgan fingerprint density at radius 2 is 1.93 bits per heavy atom. The number of nitrogen functional groups attached to an aromatic ring is 1. The quantitative estimate of drug-likeness (QED) is 0.249. The highest BCUT2D eigenvalue weighted by molar-refractivity contribution is 6.02. The number of fused-ring (bicyclic) bond motifs is 2. The number of aromatic nitrogens is 3. The topological polar surface area (TPSA) is 92.3 Å². The number of carbonyl (C=O) groups is 1. The molecule has 2 aliphatic rings. The van der Waals surface area contributed by atoms with Gasteiger partial charge in [0.1, 0.15) is 29.7 Å². The lowest BCUT2D eigenvalue weighted by Gasteiger charge is -2.14. The highest BCUT2D eigenvalue weighted by Crippen LogP contribution is 2.44. The minimum absolute atomic E-state index is 0.143. The molecule has 1 saturated carbocycles. The number of hydrogen-bond acceptors (Lipinski definition) is 6. The molecule has 5 aromatic rings. The Morgan fingerprint density at radius 3 is 2.73 bits per heavy atom. The van der Waals surface area contributed by atoms with Gasteiger partial charge in [-0.25, -0.2) is 4.98 Å². The number of pyridine rings is 1. The van der Waals surface area contributed by atoms with E-state index in [0.717, 1.165) is 62.8 Å². The SMILES string of the molecule is CC(=O)Cc1c(OCc2nn(C3CCOC3)c3ccc(-c4cccc5c(N)nccc45)cc23)cccc1C1CC1. The predicted octanol–water partition coefficient (Wildman–Crippen LogP) is 6.38. The van der Waals surface area contributed by atoms with Gasteiger partial charge in [-0.15, -0.1) is 0 Å². The number of nitrogens with two attached hydrogens (primary N) is 1. The Bertz CT molecular complexity index is 1750. The summed E-state index contributed by atoms with van der Waals surface area (Å²) < 4.78 is 14.3. The van der Waals surface area contributed by atoms with E-state index in [1.54, 1.807) is 13.1 Å². The second-order valence-corrected chi connectivity index (χ2v) is 11.0. The maximum absolute atomic E-state index is 12.2. The molecule has 0 bridgehead atoms. The smallest absolute Gasteiger partial charge is 0.134 e. The van der Waals surface area contributed by atoms with Gasteiger partial charge in [-0.2, -0.15) is 5.10 Å². The minimum Gasteiger partial charge on any atom is -0.487 e. The van der Waals surface area contributed by atoms with Gasteiger partial charge in [0.25, 0.3) is 0 Å². The number of ether oxygens (including phenoxy) is 2. The molecule has 1 aliphatic carbocycles. The van der Waals surface area contributed by atoms with E-state index < -0.39 is 0 Å². The first-order chi connectivity index (χ1) is 19.6. The minimum atomic E-state index is 0.143. The Morgan fingerprint density at radius 1 is 1.05 bits per heavy atom. The van der Waals surface area contributed by atoms with Crippen molar-refractivity contribution in [3.8, 4) is 16.9 Å². The molecule has 0 spiro atoms. The summed E-state index contributed by atoms with van der Waals surface area (Å²) in [5.74, 6) is 1.98. The molecule has 202 valence electrons. The summed E-state index contributed by atoms with van der Waals surface area (Å²) >= 11 is 0. The summed E-state index contributed by atoms with van der Waals surface area (Å²) in [5.41, 5.74) is 12.6. The number of ketones is 1. The number of Topliss-reactive ketones (excluding diaryl/α,β-unsaturated/α-hetero) is 1. The van der Waals surface area contributed by atoms with Crippen LogP contribution in [-0.2, 0) is 22.6 Å². The third kappa shape index (κ3) is 4.50. The Kier molecular flexibility index (Phi) is 6.24. The van der Waals surface area contributed by atoms with Crippen LogP contribution >= 0.6 is 0 Å². The molecule has 7 rings (SSSR count). The van der Waals surface area contributed by atoms with Gasteiger partial charge < -0.3 is 15.2 Å². The Labute approximate surface area is 232 Å². The molecule has 1 saturated heterocycles. The highest BCUT2D eigenvalue weighted by atomic mass is 16.5. The average molecular weight is 533 g/mol. The summed E-state index contributed by atoms with van der Waals surface area (Å²) in [6.45, 7) is 3.35. The first kappa shape index (κ1) is 24.8. The van der Waals surface area contributed by atoms with Gasteiger partial charge in [-0.1, -0.05) is 36.4 Å². The van der Waals surface area contributed by atoms with E-state index in [2.05, 4.69) is 40.0 Å². The monoisotopic (exact) mass is 532 g/mol. The summed E-state index contributed by atoms with van der Waals surface area (Å²) in [6, 6.07) is 21.0. The zero-order chi connectivity index (χ0) is 27.2. The number of hydrogen-bond donors (Lipinski definition) is 1. The summed E-state index contributed by atoms with van der Waals surface area (Å²) in [4.78, 5) is 16.4. The molecule has 2 aromatic heterocycles. The number of nitrogens with zero attached hydrogens (tertiary/aromatic N) is 3. The van der Waals surface area contributed by atoms with Crippen LogP contribution in [0.15, 0.2) is 66.9 Å². The zero-order valence-electron chi connectivity index (χ0n) is 22.6. The van der Waals surface area contributed by atoms with Crippen LogP contribution in [-0.4, -0.2) is 33.8 Å². The molecule has 7 heteroatoms.